The van der Waals surface area contributed by atoms with E-state index >= 15 is 0 Å². The number of hydrogen-bond donors (Lipinski definition) is 1. The third-order valence-electron chi connectivity index (χ3n) is 2.67. The topological polar surface area (TPSA) is 29.5 Å². The van der Waals surface area contributed by atoms with Crippen LogP contribution in [0.15, 0.2) is 35.0 Å². The van der Waals surface area contributed by atoms with Crippen molar-refractivity contribution in [3.63, 3.8) is 0 Å². The van der Waals surface area contributed by atoms with Gasteiger partial charge in [-0.2, -0.15) is 11.3 Å². The third kappa shape index (κ3) is 3.31. The summed E-state index contributed by atoms with van der Waals surface area (Å²) in [4.78, 5) is 0. The predicted molar refractivity (Wildman–Crippen MR) is 70.6 cm³/mol. The minimum atomic E-state index is -0.667. The van der Waals surface area contributed by atoms with Gasteiger partial charge in [-0.1, -0.05) is 6.07 Å². The molecule has 0 aliphatic heterocycles. The first-order chi connectivity index (χ1) is 8.66. The quantitative estimate of drug-likeness (QED) is 0.896. The summed E-state index contributed by atoms with van der Waals surface area (Å²) in [5.41, 5.74) is 1.75. The van der Waals surface area contributed by atoms with Gasteiger partial charge in [0.25, 0.3) is 0 Å². The summed E-state index contributed by atoms with van der Waals surface area (Å²) in [6.45, 7) is 2.05. The van der Waals surface area contributed by atoms with Gasteiger partial charge in [0.2, 0.25) is 0 Å². The zero-order valence-electron chi connectivity index (χ0n) is 10.1. The minimum Gasteiger partial charge on any atom is -0.490 e. The molecule has 1 N–H and O–H groups in total. The fourth-order valence-corrected chi connectivity index (χ4v) is 2.31. The second kappa shape index (κ2) is 5.98. The highest BCUT2D eigenvalue weighted by Gasteiger charge is 2.07. The Hall–Kier alpha value is -1.39. The average Bonchev–Trinajstić information content (AvgIpc) is 2.84. The Balaban J connectivity index is 1.93. The molecule has 0 fully saturated rings. The number of ether oxygens (including phenoxy) is 1. The molecule has 96 valence electrons. The first kappa shape index (κ1) is 13.1. The van der Waals surface area contributed by atoms with Crippen molar-refractivity contribution in [1.29, 1.82) is 0 Å². The summed E-state index contributed by atoms with van der Waals surface area (Å²) >= 11 is 1.64. The van der Waals surface area contributed by atoms with Crippen LogP contribution >= 0.6 is 11.3 Å². The Bertz CT molecular complexity index is 495. The highest BCUT2D eigenvalue weighted by atomic mass is 32.1. The van der Waals surface area contributed by atoms with Crippen LogP contribution < -0.4 is 4.74 Å². The molecule has 2 aromatic rings. The van der Waals surface area contributed by atoms with E-state index in [-0.39, 0.29) is 5.75 Å². The lowest BCUT2D eigenvalue weighted by molar-refractivity contribution is 0.198. The molecule has 2 rings (SSSR count). The highest BCUT2D eigenvalue weighted by molar-refractivity contribution is 7.07. The zero-order chi connectivity index (χ0) is 13.0. The van der Waals surface area contributed by atoms with Gasteiger partial charge in [0.1, 0.15) is 0 Å². The van der Waals surface area contributed by atoms with E-state index in [1.54, 1.807) is 30.4 Å². The standard InChI is InChI=1S/C14H15FO2S/c1-10(16)12-2-3-14(13(15)8-12)17-6-4-11-5-7-18-9-11/h2-3,5,7-10,16H,4,6H2,1H3/t10-/m1/s1. The maximum Gasteiger partial charge on any atom is 0.165 e. The van der Waals surface area contributed by atoms with Crippen LogP contribution in [0.4, 0.5) is 4.39 Å². The Morgan fingerprint density at radius 1 is 1.39 bits per heavy atom. The smallest absolute Gasteiger partial charge is 0.165 e. The molecule has 0 aliphatic rings. The number of benzene rings is 1. The fourth-order valence-electron chi connectivity index (χ4n) is 1.61. The summed E-state index contributed by atoms with van der Waals surface area (Å²) in [5.74, 6) is -0.201. The van der Waals surface area contributed by atoms with E-state index in [0.29, 0.717) is 12.2 Å². The second-order valence-electron chi connectivity index (χ2n) is 4.10. The van der Waals surface area contributed by atoms with Crippen molar-refractivity contribution in [2.24, 2.45) is 0 Å². The monoisotopic (exact) mass is 266 g/mol. The minimum absolute atomic E-state index is 0.231. The maximum atomic E-state index is 13.6. The Labute approximate surface area is 110 Å². The van der Waals surface area contributed by atoms with Crippen LogP contribution in [0.3, 0.4) is 0 Å². The third-order valence-corrected chi connectivity index (χ3v) is 3.40. The second-order valence-corrected chi connectivity index (χ2v) is 4.88. The van der Waals surface area contributed by atoms with Crippen molar-refractivity contribution >= 4 is 11.3 Å². The molecular formula is C14H15FO2S. The molecule has 1 aromatic heterocycles. The molecule has 0 radical (unpaired) electrons. The first-order valence-electron chi connectivity index (χ1n) is 5.78. The molecule has 0 unspecified atom stereocenters. The van der Waals surface area contributed by atoms with E-state index in [1.165, 1.54) is 11.6 Å². The van der Waals surface area contributed by atoms with Crippen molar-refractivity contribution in [3.8, 4) is 5.75 Å². The lowest BCUT2D eigenvalue weighted by Gasteiger charge is -2.09. The normalized spacial score (nSPS) is 12.4. The summed E-state index contributed by atoms with van der Waals surface area (Å²) in [5, 5.41) is 13.4. The molecule has 1 heterocycles. The Morgan fingerprint density at radius 3 is 2.83 bits per heavy atom. The number of halogens is 1. The van der Waals surface area contributed by atoms with Crippen LogP contribution in [0.25, 0.3) is 0 Å². The molecule has 0 aliphatic carbocycles. The van der Waals surface area contributed by atoms with Gasteiger partial charge in [0.05, 0.1) is 12.7 Å². The molecule has 1 aromatic carbocycles. The summed E-state index contributed by atoms with van der Waals surface area (Å²) in [7, 11) is 0. The van der Waals surface area contributed by atoms with Crippen molar-refractivity contribution < 1.29 is 14.2 Å². The Morgan fingerprint density at radius 2 is 2.22 bits per heavy atom. The van der Waals surface area contributed by atoms with E-state index in [0.717, 1.165) is 6.42 Å². The molecule has 0 spiro atoms. The fraction of sp³-hybridized carbons (Fsp3) is 0.286. The highest BCUT2D eigenvalue weighted by Crippen LogP contribution is 2.22. The largest absolute Gasteiger partial charge is 0.490 e. The average molecular weight is 266 g/mol. The summed E-state index contributed by atoms with van der Waals surface area (Å²) < 4.78 is 19.0. The van der Waals surface area contributed by atoms with E-state index in [4.69, 9.17) is 4.74 Å². The van der Waals surface area contributed by atoms with Crippen LogP contribution in [0, 0.1) is 5.82 Å². The van der Waals surface area contributed by atoms with Crippen molar-refractivity contribution in [2.45, 2.75) is 19.4 Å². The number of aliphatic hydroxyl groups is 1. The van der Waals surface area contributed by atoms with Gasteiger partial charge in [-0.15, -0.1) is 0 Å². The van der Waals surface area contributed by atoms with Gasteiger partial charge in [0.15, 0.2) is 11.6 Å². The lowest BCUT2D eigenvalue weighted by Crippen LogP contribution is -2.03. The predicted octanol–water partition coefficient (Wildman–Crippen LogP) is 3.56. The Kier molecular flexibility index (Phi) is 4.33. The van der Waals surface area contributed by atoms with E-state index < -0.39 is 11.9 Å². The van der Waals surface area contributed by atoms with Crippen LogP contribution in [0.5, 0.6) is 5.75 Å². The van der Waals surface area contributed by atoms with Gasteiger partial charge in [-0.05, 0) is 47.0 Å². The molecule has 0 bridgehead atoms. The summed E-state index contributed by atoms with van der Waals surface area (Å²) in [6.07, 6.45) is 0.0977. The van der Waals surface area contributed by atoms with Crippen molar-refractivity contribution in [1.82, 2.24) is 0 Å². The molecular weight excluding hydrogens is 251 g/mol. The molecule has 4 heteroatoms. The number of hydrogen-bond acceptors (Lipinski definition) is 3. The van der Waals surface area contributed by atoms with Crippen LogP contribution in [0.1, 0.15) is 24.2 Å². The van der Waals surface area contributed by atoms with Crippen molar-refractivity contribution in [2.75, 3.05) is 6.61 Å². The van der Waals surface area contributed by atoms with Gasteiger partial charge in [0, 0.05) is 6.42 Å². The van der Waals surface area contributed by atoms with E-state index in [9.17, 15) is 9.50 Å². The summed E-state index contributed by atoms with van der Waals surface area (Å²) in [6, 6.07) is 6.57. The zero-order valence-corrected chi connectivity index (χ0v) is 10.9. The molecule has 18 heavy (non-hydrogen) atoms. The molecule has 2 nitrogen and oxygen atoms in total. The van der Waals surface area contributed by atoms with Gasteiger partial charge >= 0.3 is 0 Å². The van der Waals surface area contributed by atoms with Gasteiger partial charge < -0.3 is 9.84 Å². The number of aliphatic hydroxyl groups excluding tert-OH is 1. The lowest BCUT2D eigenvalue weighted by atomic mass is 10.1. The SMILES string of the molecule is C[C@@H](O)c1ccc(OCCc2ccsc2)c(F)c1. The maximum absolute atomic E-state index is 13.6. The van der Waals surface area contributed by atoms with Crippen LogP contribution in [0.2, 0.25) is 0 Å². The van der Waals surface area contributed by atoms with Gasteiger partial charge in [-0.3, -0.25) is 0 Å². The van der Waals surface area contributed by atoms with E-state index in [2.05, 4.69) is 5.38 Å². The molecule has 0 saturated heterocycles. The number of rotatable bonds is 5. The first-order valence-corrected chi connectivity index (χ1v) is 6.72. The van der Waals surface area contributed by atoms with Crippen LogP contribution in [-0.2, 0) is 6.42 Å². The van der Waals surface area contributed by atoms with Crippen molar-refractivity contribution in [3.05, 3.63) is 52.0 Å². The van der Waals surface area contributed by atoms with Crippen LogP contribution in [-0.4, -0.2) is 11.7 Å². The van der Waals surface area contributed by atoms with E-state index in [1.807, 2.05) is 11.4 Å². The molecule has 0 amide bonds. The van der Waals surface area contributed by atoms with Gasteiger partial charge in [-0.25, -0.2) is 4.39 Å². The number of thiophene rings is 1. The molecule has 0 saturated carbocycles. The molecule has 1 atom stereocenters.